The summed E-state index contributed by atoms with van der Waals surface area (Å²) in [5, 5.41) is 16.9. The number of carboxylic acid groups (broad SMARTS) is 1. The van der Waals surface area contributed by atoms with Crippen LogP contribution in [0, 0.1) is 0 Å². The van der Waals surface area contributed by atoms with E-state index < -0.39 is 5.97 Å². The van der Waals surface area contributed by atoms with E-state index in [1.807, 2.05) is 36.4 Å². The van der Waals surface area contributed by atoms with E-state index in [1.165, 1.54) is 0 Å². The molecule has 39 heavy (non-hydrogen) atoms. The van der Waals surface area contributed by atoms with Crippen molar-refractivity contribution in [2.75, 3.05) is 30.9 Å². The number of halogens is 1. The van der Waals surface area contributed by atoms with Gasteiger partial charge in [0.25, 0.3) is 5.97 Å². The van der Waals surface area contributed by atoms with E-state index in [-0.39, 0.29) is 0 Å². The summed E-state index contributed by atoms with van der Waals surface area (Å²) in [5.74, 6) is 0.502. The maximum absolute atomic E-state index is 9.00. The molecule has 0 amide bonds. The van der Waals surface area contributed by atoms with Gasteiger partial charge in [0.15, 0.2) is 0 Å². The highest BCUT2D eigenvalue weighted by atomic mass is 35.5. The van der Waals surface area contributed by atoms with Crippen LogP contribution in [0.1, 0.15) is 19.0 Å². The number of aliphatic carboxylic acids is 1. The first kappa shape index (κ1) is 28.0. The van der Waals surface area contributed by atoms with Gasteiger partial charge in [-0.3, -0.25) is 9.78 Å². The highest BCUT2D eigenvalue weighted by molar-refractivity contribution is 7.25. The van der Waals surface area contributed by atoms with E-state index in [0.717, 1.165) is 69.7 Å². The molecule has 9 nitrogen and oxygen atoms in total. The van der Waals surface area contributed by atoms with Gasteiger partial charge in [-0.1, -0.05) is 23.7 Å². The molecule has 3 aromatic heterocycles. The molecule has 0 radical (unpaired) electrons. The second kappa shape index (κ2) is 13.7. The lowest BCUT2D eigenvalue weighted by Gasteiger charge is -2.11. The van der Waals surface area contributed by atoms with Crippen molar-refractivity contribution in [3.63, 3.8) is 0 Å². The van der Waals surface area contributed by atoms with Gasteiger partial charge < -0.3 is 25.2 Å². The van der Waals surface area contributed by atoms with Gasteiger partial charge in [0, 0.05) is 54.8 Å². The Morgan fingerprint density at radius 3 is 2.64 bits per heavy atom. The molecule has 0 fully saturated rings. The Hall–Kier alpha value is -3.99. The summed E-state index contributed by atoms with van der Waals surface area (Å²) in [6.07, 6.45) is 4.27. The van der Waals surface area contributed by atoms with Gasteiger partial charge >= 0.3 is 0 Å². The maximum Gasteiger partial charge on any atom is 0.300 e. The molecule has 5 aromatic rings. The molecule has 3 N–H and O–H groups in total. The summed E-state index contributed by atoms with van der Waals surface area (Å²) in [4.78, 5) is 23.2. The summed E-state index contributed by atoms with van der Waals surface area (Å²) >= 11 is 8.15. The molecule has 0 aliphatic carbocycles. The fraction of sp³-hybridized carbons (Fsp3) is 0.214. The largest absolute Gasteiger partial charge is 0.486 e. The predicted octanol–water partition coefficient (Wildman–Crippen LogP) is 6.75. The monoisotopic (exact) mass is 565 g/mol. The molecule has 2 aromatic carbocycles. The van der Waals surface area contributed by atoms with E-state index in [4.69, 9.17) is 31.0 Å². The van der Waals surface area contributed by atoms with Crippen LogP contribution >= 0.6 is 22.9 Å². The lowest BCUT2D eigenvalue weighted by molar-refractivity contribution is -0.134. The number of benzene rings is 2. The van der Waals surface area contributed by atoms with E-state index >= 15 is 0 Å². The summed E-state index contributed by atoms with van der Waals surface area (Å²) in [5.41, 5.74) is 2.73. The number of carboxylic acids is 1. The Bertz CT molecular complexity index is 1540. The fourth-order valence-corrected chi connectivity index (χ4v) is 5.05. The van der Waals surface area contributed by atoms with Gasteiger partial charge in [0.1, 0.15) is 29.3 Å². The van der Waals surface area contributed by atoms with Gasteiger partial charge in [0.2, 0.25) is 0 Å². The van der Waals surface area contributed by atoms with Gasteiger partial charge in [-0.05, 0) is 48.9 Å². The van der Waals surface area contributed by atoms with Crippen LogP contribution in [0.2, 0.25) is 5.02 Å². The van der Waals surface area contributed by atoms with Crippen LogP contribution in [-0.4, -0.2) is 46.3 Å². The molecule has 0 saturated heterocycles. The van der Waals surface area contributed by atoms with Gasteiger partial charge in [-0.25, -0.2) is 9.97 Å². The van der Waals surface area contributed by atoms with Crippen LogP contribution in [0.3, 0.4) is 0 Å². The number of methoxy groups -OCH3 is 1. The van der Waals surface area contributed by atoms with Gasteiger partial charge in [-0.15, -0.1) is 11.3 Å². The quantitative estimate of drug-likeness (QED) is 0.158. The first-order valence-electron chi connectivity index (χ1n) is 12.1. The molecule has 0 bridgehead atoms. The number of anilines is 3. The van der Waals surface area contributed by atoms with E-state index in [0.29, 0.717) is 17.4 Å². The number of carbonyl (C=O) groups is 1. The number of fused-ring (bicyclic) bond motifs is 3. The standard InChI is InChI=1S/C26H24ClN5O2S.C2H4O2/c1-33-12-4-11-28-17-6-8-20-23(14-17)35-26-24(20)25(30-16-31-26)32-18-7-9-22(21(27)13-18)34-15-19-5-2-3-10-29-19;1-2(3)4/h2-3,5-10,13-14,16,28H,4,11-12,15H2,1H3,(H,30,31,32);1H3,(H,3,4). The van der Waals surface area contributed by atoms with Crippen LogP contribution in [0.4, 0.5) is 17.2 Å². The van der Waals surface area contributed by atoms with Crippen LogP contribution in [0.15, 0.2) is 67.1 Å². The third kappa shape index (κ3) is 7.76. The van der Waals surface area contributed by atoms with Crippen molar-refractivity contribution < 1.29 is 19.4 Å². The maximum atomic E-state index is 9.00. The van der Waals surface area contributed by atoms with Crippen molar-refractivity contribution in [3.05, 3.63) is 77.8 Å². The number of hydrogen-bond acceptors (Lipinski definition) is 9. The van der Waals surface area contributed by atoms with Crippen molar-refractivity contribution >= 4 is 66.4 Å². The smallest absolute Gasteiger partial charge is 0.300 e. The average Bonchev–Trinajstić information content (AvgIpc) is 3.30. The Morgan fingerprint density at radius 2 is 1.90 bits per heavy atom. The first-order chi connectivity index (χ1) is 18.9. The minimum atomic E-state index is -0.833. The molecule has 0 spiro atoms. The number of rotatable bonds is 10. The zero-order chi connectivity index (χ0) is 27.6. The van der Waals surface area contributed by atoms with Crippen LogP contribution in [0.5, 0.6) is 5.75 Å². The van der Waals surface area contributed by atoms with Crippen molar-refractivity contribution in [3.8, 4) is 5.75 Å². The normalized spacial score (nSPS) is 10.6. The van der Waals surface area contributed by atoms with Crippen molar-refractivity contribution in [1.82, 2.24) is 15.0 Å². The fourth-order valence-electron chi connectivity index (χ4n) is 3.73. The van der Waals surface area contributed by atoms with E-state index in [2.05, 4.69) is 43.8 Å². The number of aromatic nitrogens is 3. The summed E-state index contributed by atoms with van der Waals surface area (Å²) in [6, 6.07) is 17.7. The Balaban J connectivity index is 0.000000826. The van der Waals surface area contributed by atoms with Crippen molar-refractivity contribution in [2.45, 2.75) is 20.0 Å². The number of nitrogens with zero attached hydrogens (tertiary/aromatic N) is 3. The zero-order valence-corrected chi connectivity index (χ0v) is 23.1. The summed E-state index contributed by atoms with van der Waals surface area (Å²) in [6.45, 7) is 3.03. The molecule has 0 atom stereocenters. The lowest BCUT2D eigenvalue weighted by Crippen LogP contribution is -2.04. The zero-order valence-electron chi connectivity index (χ0n) is 21.5. The molecular formula is C28H28ClN5O4S. The number of pyridine rings is 1. The van der Waals surface area contributed by atoms with Crippen LogP contribution in [0.25, 0.3) is 20.3 Å². The van der Waals surface area contributed by atoms with Crippen LogP contribution in [-0.2, 0) is 16.1 Å². The van der Waals surface area contributed by atoms with Gasteiger partial charge in [-0.2, -0.15) is 0 Å². The second-order valence-corrected chi connectivity index (χ2v) is 9.83. The Morgan fingerprint density at radius 1 is 1.08 bits per heavy atom. The summed E-state index contributed by atoms with van der Waals surface area (Å²) in [7, 11) is 1.72. The SMILES string of the molecule is CC(=O)O.COCCCNc1ccc2c(c1)sc1ncnc(Nc3ccc(OCc4ccccn4)c(Cl)c3)c12. The Kier molecular flexibility index (Phi) is 9.85. The third-order valence-electron chi connectivity index (χ3n) is 5.42. The highest BCUT2D eigenvalue weighted by Crippen LogP contribution is 2.38. The molecule has 0 unspecified atom stereocenters. The minimum absolute atomic E-state index is 0.351. The topological polar surface area (TPSA) is 118 Å². The molecule has 11 heteroatoms. The molecule has 0 aliphatic heterocycles. The van der Waals surface area contributed by atoms with Gasteiger partial charge in [0.05, 0.1) is 16.1 Å². The molecule has 202 valence electrons. The lowest BCUT2D eigenvalue weighted by atomic mass is 10.2. The second-order valence-electron chi connectivity index (χ2n) is 8.39. The number of hydrogen-bond donors (Lipinski definition) is 3. The average molecular weight is 566 g/mol. The highest BCUT2D eigenvalue weighted by Gasteiger charge is 2.13. The summed E-state index contributed by atoms with van der Waals surface area (Å²) < 4.78 is 12.1. The van der Waals surface area contributed by atoms with E-state index in [9.17, 15) is 0 Å². The van der Waals surface area contributed by atoms with Crippen LogP contribution < -0.4 is 15.4 Å². The van der Waals surface area contributed by atoms with E-state index in [1.54, 1.807) is 31.0 Å². The molecule has 0 aliphatic rings. The molecule has 5 rings (SSSR count). The third-order valence-corrected chi connectivity index (χ3v) is 6.78. The molecule has 0 saturated carbocycles. The molecular weight excluding hydrogens is 538 g/mol. The number of ether oxygens (including phenoxy) is 2. The predicted molar refractivity (Wildman–Crippen MR) is 157 cm³/mol. The number of thiophene rings is 1. The molecule has 3 heterocycles. The number of nitrogens with one attached hydrogen (secondary N) is 2. The Labute approximate surface area is 234 Å². The van der Waals surface area contributed by atoms with Crippen molar-refractivity contribution in [1.29, 1.82) is 0 Å². The minimum Gasteiger partial charge on any atom is -0.486 e. The van der Waals surface area contributed by atoms with Crippen molar-refractivity contribution in [2.24, 2.45) is 0 Å². The first-order valence-corrected chi connectivity index (χ1v) is 13.3.